The van der Waals surface area contributed by atoms with Crippen LogP contribution in [-0.2, 0) is 0 Å². The van der Waals surface area contributed by atoms with Crippen molar-refractivity contribution >= 4 is 17.0 Å². The summed E-state index contributed by atoms with van der Waals surface area (Å²) in [5, 5.41) is 3.35. The Kier molecular flexibility index (Phi) is 3.15. The average Bonchev–Trinajstić information content (AvgIpc) is 2.95. The Morgan fingerprint density at radius 2 is 2.21 bits per heavy atom. The van der Waals surface area contributed by atoms with Crippen molar-refractivity contribution < 1.29 is 23.4 Å². The van der Waals surface area contributed by atoms with Crippen LogP contribution in [-0.4, -0.2) is 43.7 Å². The number of quaternary nitrogens is 2. The third kappa shape index (κ3) is 2.09. The minimum Gasteiger partial charge on any atom is -0.282 e. The SMILES string of the molecule is FC(F)(F)[C@]12CC(c3cccs3)=NCC[NH+]1CC[NH2+]2. The third-order valence-electron chi connectivity index (χ3n) is 4.04. The van der Waals surface area contributed by atoms with E-state index in [9.17, 15) is 13.2 Å². The second kappa shape index (κ2) is 4.57. The summed E-state index contributed by atoms with van der Waals surface area (Å²) in [6.45, 7) is 2.04. The number of alkyl halides is 3. The number of halogens is 3. The zero-order valence-corrected chi connectivity index (χ0v) is 11.2. The van der Waals surface area contributed by atoms with Crippen molar-refractivity contribution in [1.29, 1.82) is 0 Å². The molecule has 1 unspecified atom stereocenters. The summed E-state index contributed by atoms with van der Waals surface area (Å²) in [7, 11) is 0. The van der Waals surface area contributed by atoms with Gasteiger partial charge < -0.3 is 0 Å². The molecule has 0 aliphatic carbocycles. The molecule has 1 fully saturated rings. The Morgan fingerprint density at radius 3 is 2.89 bits per heavy atom. The van der Waals surface area contributed by atoms with Gasteiger partial charge >= 0.3 is 11.8 Å². The molecule has 104 valence electrons. The van der Waals surface area contributed by atoms with Crippen LogP contribution in [0, 0.1) is 0 Å². The fraction of sp³-hybridized carbons (Fsp3) is 0.583. The first-order valence-electron chi connectivity index (χ1n) is 6.36. The summed E-state index contributed by atoms with van der Waals surface area (Å²) in [4.78, 5) is 5.88. The zero-order valence-electron chi connectivity index (χ0n) is 10.3. The number of nitrogens with two attached hydrogens (primary N) is 1. The first-order chi connectivity index (χ1) is 9.03. The van der Waals surface area contributed by atoms with E-state index in [0.29, 0.717) is 36.8 Å². The van der Waals surface area contributed by atoms with Crippen LogP contribution in [0.5, 0.6) is 0 Å². The number of nitrogens with zero attached hydrogens (tertiary/aromatic N) is 1. The lowest BCUT2D eigenvalue weighted by molar-refractivity contribution is -1.04. The Labute approximate surface area is 113 Å². The highest BCUT2D eigenvalue weighted by Crippen LogP contribution is 2.29. The predicted octanol–water partition coefficient (Wildman–Crippen LogP) is -0.339. The van der Waals surface area contributed by atoms with Crippen LogP contribution in [0.1, 0.15) is 11.3 Å². The first kappa shape index (κ1) is 13.1. The number of nitrogens with one attached hydrogen (secondary N) is 1. The van der Waals surface area contributed by atoms with E-state index in [1.54, 1.807) is 0 Å². The summed E-state index contributed by atoms with van der Waals surface area (Å²) >= 11 is 1.46. The molecule has 0 bridgehead atoms. The fourth-order valence-corrected chi connectivity index (χ4v) is 3.81. The van der Waals surface area contributed by atoms with Crippen LogP contribution in [0.15, 0.2) is 22.5 Å². The van der Waals surface area contributed by atoms with E-state index in [1.807, 2.05) is 17.5 Å². The molecule has 2 aliphatic heterocycles. The van der Waals surface area contributed by atoms with Crippen molar-refractivity contribution in [3.05, 3.63) is 22.4 Å². The molecule has 1 saturated heterocycles. The lowest BCUT2D eigenvalue weighted by Crippen LogP contribution is -3.29. The minimum absolute atomic E-state index is 0.0215. The summed E-state index contributed by atoms with van der Waals surface area (Å²) < 4.78 is 40.7. The predicted molar refractivity (Wildman–Crippen MR) is 66.6 cm³/mol. The van der Waals surface area contributed by atoms with Crippen molar-refractivity contribution in [2.75, 3.05) is 26.2 Å². The molecular formula is C12H16F3N3S+2. The molecule has 3 nitrogen and oxygen atoms in total. The summed E-state index contributed by atoms with van der Waals surface area (Å²) in [5.41, 5.74) is -1.12. The molecule has 0 aromatic carbocycles. The number of thiophene rings is 1. The van der Waals surface area contributed by atoms with Crippen LogP contribution in [0.3, 0.4) is 0 Å². The summed E-state index contributed by atoms with van der Waals surface area (Å²) in [6.07, 6.45) is -4.23. The van der Waals surface area contributed by atoms with E-state index in [2.05, 4.69) is 4.99 Å². The van der Waals surface area contributed by atoms with Crippen molar-refractivity contribution in [2.24, 2.45) is 4.99 Å². The highest BCUT2D eigenvalue weighted by atomic mass is 32.1. The quantitative estimate of drug-likeness (QED) is 0.710. The molecule has 0 amide bonds. The summed E-state index contributed by atoms with van der Waals surface area (Å²) in [5.74, 6) is 0. The maximum Gasteiger partial charge on any atom is 0.503 e. The van der Waals surface area contributed by atoms with Crippen molar-refractivity contribution in [1.82, 2.24) is 0 Å². The molecule has 2 atom stereocenters. The minimum atomic E-state index is -4.21. The molecular weight excluding hydrogens is 275 g/mol. The van der Waals surface area contributed by atoms with Crippen LogP contribution in [0.2, 0.25) is 0 Å². The molecule has 0 radical (unpaired) electrons. The molecule has 3 rings (SSSR count). The average molecular weight is 291 g/mol. The van der Waals surface area contributed by atoms with Gasteiger partial charge in [0.1, 0.15) is 26.1 Å². The summed E-state index contributed by atoms with van der Waals surface area (Å²) in [6, 6.07) is 3.71. The van der Waals surface area contributed by atoms with E-state index >= 15 is 0 Å². The van der Waals surface area contributed by atoms with Gasteiger partial charge in [-0.1, -0.05) is 6.07 Å². The molecule has 1 aromatic rings. The van der Waals surface area contributed by atoms with Gasteiger partial charge in [0.15, 0.2) is 0 Å². The van der Waals surface area contributed by atoms with Crippen LogP contribution < -0.4 is 10.2 Å². The van der Waals surface area contributed by atoms with Gasteiger partial charge in [0.25, 0.3) is 0 Å². The van der Waals surface area contributed by atoms with Gasteiger partial charge in [-0.15, -0.1) is 11.3 Å². The van der Waals surface area contributed by atoms with Gasteiger partial charge in [0.2, 0.25) is 0 Å². The van der Waals surface area contributed by atoms with Gasteiger partial charge in [0, 0.05) is 4.88 Å². The van der Waals surface area contributed by atoms with Crippen molar-refractivity contribution in [3.8, 4) is 0 Å². The molecule has 0 saturated carbocycles. The van der Waals surface area contributed by atoms with E-state index in [0.717, 1.165) is 4.88 Å². The van der Waals surface area contributed by atoms with Gasteiger partial charge in [-0.3, -0.25) is 15.2 Å². The lowest BCUT2D eigenvalue weighted by Gasteiger charge is -2.31. The normalized spacial score (nSPS) is 31.7. The van der Waals surface area contributed by atoms with Gasteiger partial charge in [0.05, 0.1) is 12.3 Å². The molecule has 7 heteroatoms. The van der Waals surface area contributed by atoms with Gasteiger partial charge in [-0.25, -0.2) is 0 Å². The topological polar surface area (TPSA) is 33.4 Å². The number of aliphatic imine (C=N–C) groups is 1. The number of rotatable bonds is 1. The maximum atomic E-state index is 13.6. The van der Waals surface area contributed by atoms with E-state index in [4.69, 9.17) is 0 Å². The second-order valence-corrected chi connectivity index (χ2v) is 6.00. The molecule has 19 heavy (non-hydrogen) atoms. The van der Waals surface area contributed by atoms with Gasteiger partial charge in [-0.2, -0.15) is 13.2 Å². The largest absolute Gasteiger partial charge is 0.503 e. The van der Waals surface area contributed by atoms with Crippen LogP contribution >= 0.6 is 11.3 Å². The van der Waals surface area contributed by atoms with E-state index in [-0.39, 0.29) is 6.42 Å². The monoisotopic (exact) mass is 291 g/mol. The number of hydrogen-bond donors (Lipinski definition) is 2. The second-order valence-electron chi connectivity index (χ2n) is 5.05. The highest BCUT2D eigenvalue weighted by molar-refractivity contribution is 7.12. The Balaban J connectivity index is 1.98. The fourth-order valence-electron chi connectivity index (χ4n) is 3.08. The Hall–Kier alpha value is -0.920. The van der Waals surface area contributed by atoms with Crippen molar-refractivity contribution in [3.63, 3.8) is 0 Å². The number of hydrogen-bond acceptors (Lipinski definition) is 2. The Bertz CT molecular complexity index is 483. The van der Waals surface area contributed by atoms with Crippen molar-refractivity contribution in [2.45, 2.75) is 18.3 Å². The zero-order chi connectivity index (χ0) is 13.5. The van der Waals surface area contributed by atoms with E-state index < -0.39 is 11.8 Å². The first-order valence-corrected chi connectivity index (χ1v) is 7.24. The third-order valence-corrected chi connectivity index (χ3v) is 4.96. The van der Waals surface area contributed by atoms with Gasteiger partial charge in [-0.05, 0) is 11.4 Å². The smallest absolute Gasteiger partial charge is 0.282 e. The standard InChI is InChI=1S/C12H14F3N3S/c13-12(14,15)11-8-9(10-2-1-7-19-10)16-3-5-18(11)6-4-17-11/h1-2,7,17H,3-6,8H2/p+2/t11-/m0/s1. The molecule has 3 N–H and O–H groups in total. The highest BCUT2D eigenvalue weighted by Gasteiger charge is 2.69. The molecule has 0 spiro atoms. The van der Waals surface area contributed by atoms with Crippen LogP contribution in [0.25, 0.3) is 0 Å². The van der Waals surface area contributed by atoms with Crippen LogP contribution in [0.4, 0.5) is 13.2 Å². The molecule has 3 heterocycles. The Morgan fingerprint density at radius 1 is 1.37 bits per heavy atom. The lowest BCUT2D eigenvalue weighted by atomic mass is 10.0. The number of fused-ring (bicyclic) bond motifs is 1. The molecule has 2 aliphatic rings. The maximum absolute atomic E-state index is 13.6. The van der Waals surface area contributed by atoms with E-state index in [1.165, 1.54) is 16.7 Å². The molecule has 1 aromatic heterocycles.